The van der Waals surface area contributed by atoms with Gasteiger partial charge in [-0.2, -0.15) is 4.98 Å². The molecule has 2 aliphatic rings. The zero-order valence-electron chi connectivity index (χ0n) is 12.4. The number of likely N-dealkylation sites (N-methyl/N-ethyl adjacent to an activating group) is 1. The maximum absolute atomic E-state index is 5.79. The molecule has 1 aromatic heterocycles. The van der Waals surface area contributed by atoms with Crippen molar-refractivity contribution in [1.29, 1.82) is 0 Å². The molecule has 3 heterocycles. The quantitative estimate of drug-likeness (QED) is 0.894. The third-order valence-corrected chi connectivity index (χ3v) is 4.44. The second-order valence-corrected chi connectivity index (χ2v) is 6.05. The molecule has 2 atom stereocenters. The van der Waals surface area contributed by atoms with E-state index in [1.54, 1.807) is 0 Å². The second-order valence-electron chi connectivity index (χ2n) is 6.05. The van der Waals surface area contributed by atoms with Crippen molar-refractivity contribution in [1.82, 2.24) is 20.4 Å². The first-order valence-corrected chi connectivity index (χ1v) is 7.60. The van der Waals surface area contributed by atoms with Gasteiger partial charge in [0, 0.05) is 19.6 Å². The molecule has 2 saturated heterocycles. The largest absolute Gasteiger partial charge is 0.367 e. The Kier molecular flexibility index (Phi) is 4.05. The monoisotopic (exact) mass is 280 g/mol. The van der Waals surface area contributed by atoms with Crippen molar-refractivity contribution in [2.24, 2.45) is 0 Å². The van der Waals surface area contributed by atoms with Gasteiger partial charge >= 0.3 is 0 Å². The van der Waals surface area contributed by atoms with E-state index in [0.717, 1.165) is 58.1 Å². The SMILES string of the molecule is CCN1CCOC(c2noc(C3(C)CCCNC3)n2)C1. The van der Waals surface area contributed by atoms with E-state index in [4.69, 9.17) is 9.26 Å². The fourth-order valence-corrected chi connectivity index (χ4v) is 3.00. The Labute approximate surface area is 119 Å². The molecule has 0 radical (unpaired) electrons. The lowest BCUT2D eigenvalue weighted by molar-refractivity contribution is -0.0334. The maximum atomic E-state index is 5.79. The van der Waals surface area contributed by atoms with Crippen LogP contribution in [0.3, 0.4) is 0 Å². The Bertz CT molecular complexity index is 442. The summed E-state index contributed by atoms with van der Waals surface area (Å²) in [6.07, 6.45) is 2.19. The van der Waals surface area contributed by atoms with E-state index in [-0.39, 0.29) is 11.5 Å². The average Bonchev–Trinajstić information content (AvgIpc) is 2.99. The predicted molar refractivity (Wildman–Crippen MR) is 74.6 cm³/mol. The standard InChI is InChI=1S/C14H24N4O2/c1-3-18-7-8-19-11(9-18)12-16-13(20-17-12)14(2)5-4-6-15-10-14/h11,15H,3-10H2,1-2H3. The number of morpholine rings is 1. The van der Waals surface area contributed by atoms with Crippen LogP contribution in [0, 0.1) is 0 Å². The molecule has 112 valence electrons. The smallest absolute Gasteiger partial charge is 0.233 e. The number of ether oxygens (including phenoxy) is 1. The number of nitrogens with zero attached hydrogens (tertiary/aromatic N) is 3. The first kappa shape index (κ1) is 14.0. The van der Waals surface area contributed by atoms with Crippen molar-refractivity contribution in [3.63, 3.8) is 0 Å². The van der Waals surface area contributed by atoms with E-state index in [1.807, 2.05) is 0 Å². The molecule has 1 aromatic rings. The fraction of sp³-hybridized carbons (Fsp3) is 0.857. The second kappa shape index (κ2) is 5.79. The van der Waals surface area contributed by atoms with Crippen LogP contribution < -0.4 is 5.32 Å². The molecule has 6 heteroatoms. The molecule has 6 nitrogen and oxygen atoms in total. The molecule has 2 fully saturated rings. The van der Waals surface area contributed by atoms with Crippen molar-refractivity contribution in [3.05, 3.63) is 11.7 Å². The molecule has 0 bridgehead atoms. The molecule has 0 amide bonds. The number of hydrogen-bond donors (Lipinski definition) is 1. The number of nitrogens with one attached hydrogen (secondary N) is 1. The van der Waals surface area contributed by atoms with Gasteiger partial charge in [-0.15, -0.1) is 0 Å². The minimum absolute atomic E-state index is 0.0391. The van der Waals surface area contributed by atoms with Crippen LogP contribution in [0.1, 0.15) is 44.5 Å². The Morgan fingerprint density at radius 3 is 3.15 bits per heavy atom. The Morgan fingerprint density at radius 2 is 2.40 bits per heavy atom. The molecule has 2 aliphatic heterocycles. The number of piperidine rings is 1. The summed E-state index contributed by atoms with van der Waals surface area (Å²) < 4.78 is 11.3. The van der Waals surface area contributed by atoms with Crippen molar-refractivity contribution < 1.29 is 9.26 Å². The van der Waals surface area contributed by atoms with E-state index in [1.165, 1.54) is 0 Å². The summed E-state index contributed by atoms with van der Waals surface area (Å²) >= 11 is 0. The highest BCUT2D eigenvalue weighted by Gasteiger charge is 2.36. The van der Waals surface area contributed by atoms with Gasteiger partial charge in [-0.25, -0.2) is 0 Å². The maximum Gasteiger partial charge on any atom is 0.233 e. The lowest BCUT2D eigenvalue weighted by atomic mass is 9.83. The average molecular weight is 280 g/mol. The fourth-order valence-electron chi connectivity index (χ4n) is 3.00. The summed E-state index contributed by atoms with van der Waals surface area (Å²) in [7, 11) is 0. The first-order chi connectivity index (χ1) is 9.71. The van der Waals surface area contributed by atoms with Gasteiger partial charge in [-0.05, 0) is 32.9 Å². The van der Waals surface area contributed by atoms with Crippen molar-refractivity contribution in [3.8, 4) is 0 Å². The van der Waals surface area contributed by atoms with Gasteiger partial charge in [0.1, 0.15) is 6.10 Å². The van der Waals surface area contributed by atoms with Crippen molar-refractivity contribution in [2.75, 3.05) is 39.3 Å². The Balaban J connectivity index is 1.73. The van der Waals surface area contributed by atoms with Crippen LogP contribution >= 0.6 is 0 Å². The van der Waals surface area contributed by atoms with Crippen molar-refractivity contribution >= 4 is 0 Å². The molecular formula is C14H24N4O2. The lowest BCUT2D eigenvalue weighted by Crippen LogP contribution is -2.41. The Morgan fingerprint density at radius 1 is 1.50 bits per heavy atom. The lowest BCUT2D eigenvalue weighted by Gasteiger charge is -2.31. The summed E-state index contributed by atoms with van der Waals surface area (Å²) in [4.78, 5) is 6.98. The van der Waals surface area contributed by atoms with Crippen LogP contribution in [0.4, 0.5) is 0 Å². The number of rotatable bonds is 3. The zero-order chi connectivity index (χ0) is 14.0. The van der Waals surface area contributed by atoms with Gasteiger partial charge in [0.05, 0.1) is 12.0 Å². The minimum Gasteiger partial charge on any atom is -0.367 e. The van der Waals surface area contributed by atoms with Gasteiger partial charge in [-0.1, -0.05) is 12.1 Å². The van der Waals surface area contributed by atoms with E-state index < -0.39 is 0 Å². The van der Waals surface area contributed by atoms with Crippen LogP contribution in [-0.4, -0.2) is 54.4 Å². The minimum atomic E-state index is -0.0543. The molecule has 1 N–H and O–H groups in total. The highest BCUT2D eigenvalue weighted by molar-refractivity contribution is 5.07. The third-order valence-electron chi connectivity index (χ3n) is 4.44. The third kappa shape index (κ3) is 2.73. The van der Waals surface area contributed by atoms with E-state index in [9.17, 15) is 0 Å². The number of hydrogen-bond acceptors (Lipinski definition) is 6. The van der Waals surface area contributed by atoms with E-state index in [2.05, 4.69) is 34.2 Å². The van der Waals surface area contributed by atoms with Gasteiger partial charge < -0.3 is 14.6 Å². The molecule has 0 aliphatic carbocycles. The molecule has 0 spiro atoms. The Hall–Kier alpha value is -0.980. The molecule has 0 saturated carbocycles. The van der Waals surface area contributed by atoms with Gasteiger partial charge in [0.15, 0.2) is 0 Å². The number of aromatic nitrogens is 2. The van der Waals surface area contributed by atoms with Gasteiger partial charge in [-0.3, -0.25) is 4.90 Å². The molecule has 3 rings (SSSR count). The summed E-state index contributed by atoms with van der Waals surface area (Å²) in [6.45, 7) is 9.95. The molecule has 0 aromatic carbocycles. The van der Waals surface area contributed by atoms with E-state index >= 15 is 0 Å². The van der Waals surface area contributed by atoms with Crippen LogP contribution in [0.15, 0.2) is 4.52 Å². The van der Waals surface area contributed by atoms with Crippen LogP contribution in [-0.2, 0) is 10.2 Å². The van der Waals surface area contributed by atoms with Crippen LogP contribution in [0.25, 0.3) is 0 Å². The normalized spacial score (nSPS) is 32.4. The molecule has 20 heavy (non-hydrogen) atoms. The van der Waals surface area contributed by atoms with Crippen LogP contribution in [0.5, 0.6) is 0 Å². The zero-order valence-corrected chi connectivity index (χ0v) is 12.4. The highest BCUT2D eigenvalue weighted by atomic mass is 16.5. The topological polar surface area (TPSA) is 63.4 Å². The highest BCUT2D eigenvalue weighted by Crippen LogP contribution is 2.30. The van der Waals surface area contributed by atoms with Gasteiger partial charge in [0.2, 0.25) is 11.7 Å². The summed E-state index contributed by atoms with van der Waals surface area (Å²) in [5.41, 5.74) is -0.0391. The molecule has 2 unspecified atom stereocenters. The first-order valence-electron chi connectivity index (χ1n) is 7.60. The molecular weight excluding hydrogens is 256 g/mol. The predicted octanol–water partition coefficient (Wildman–Crippen LogP) is 1.10. The summed E-state index contributed by atoms with van der Waals surface area (Å²) in [5, 5.41) is 7.58. The summed E-state index contributed by atoms with van der Waals surface area (Å²) in [6, 6.07) is 0. The van der Waals surface area contributed by atoms with Gasteiger partial charge in [0.25, 0.3) is 0 Å². The van der Waals surface area contributed by atoms with E-state index in [0.29, 0.717) is 5.82 Å². The van der Waals surface area contributed by atoms with Crippen molar-refractivity contribution in [2.45, 2.75) is 38.2 Å². The van der Waals surface area contributed by atoms with Crippen LogP contribution in [0.2, 0.25) is 0 Å². The summed E-state index contributed by atoms with van der Waals surface area (Å²) in [5.74, 6) is 1.45.